The van der Waals surface area contributed by atoms with Crippen LogP contribution in [0.4, 0.5) is 0 Å². The summed E-state index contributed by atoms with van der Waals surface area (Å²) in [6.45, 7) is 2.12. The number of para-hydroxylation sites is 1. The zero-order valence-electron chi connectivity index (χ0n) is 15.0. The van der Waals surface area contributed by atoms with Gasteiger partial charge in [-0.05, 0) is 36.2 Å². The van der Waals surface area contributed by atoms with E-state index in [1.807, 2.05) is 30.3 Å². The van der Waals surface area contributed by atoms with E-state index in [9.17, 15) is 0 Å². The molecule has 0 bridgehead atoms. The Morgan fingerprint density at radius 3 is 2.41 bits per heavy atom. The molecule has 0 saturated carbocycles. The normalized spacial score (nSPS) is 20.5. The predicted molar refractivity (Wildman–Crippen MR) is 108 cm³/mol. The number of halogens is 1. The first-order chi connectivity index (χ1) is 13.2. The van der Waals surface area contributed by atoms with Crippen LogP contribution in [-0.2, 0) is 0 Å². The highest BCUT2D eigenvalue weighted by Gasteiger charge is 2.41. The molecule has 2 aliphatic heterocycles. The molecule has 3 nitrogen and oxygen atoms in total. The quantitative estimate of drug-likeness (QED) is 0.558. The first-order valence-electron chi connectivity index (χ1n) is 9.13. The van der Waals surface area contributed by atoms with Crippen LogP contribution in [-0.4, -0.2) is 10.7 Å². The zero-order valence-corrected chi connectivity index (χ0v) is 15.7. The summed E-state index contributed by atoms with van der Waals surface area (Å²) < 4.78 is 6.41. The second kappa shape index (κ2) is 6.43. The molecule has 0 spiro atoms. The Kier molecular flexibility index (Phi) is 3.91. The first-order valence-corrected chi connectivity index (χ1v) is 9.51. The molecule has 3 aromatic rings. The zero-order chi connectivity index (χ0) is 18.4. The molecule has 2 atom stereocenters. The number of hydrogen-bond donors (Lipinski definition) is 0. The Bertz CT molecular complexity index is 1030. The fourth-order valence-corrected chi connectivity index (χ4v) is 4.05. The lowest BCUT2D eigenvalue weighted by molar-refractivity contribution is -0.0194. The van der Waals surface area contributed by atoms with Crippen molar-refractivity contribution in [3.05, 3.63) is 100 Å². The van der Waals surface area contributed by atoms with E-state index in [0.29, 0.717) is 0 Å². The van der Waals surface area contributed by atoms with E-state index in [4.69, 9.17) is 21.4 Å². The van der Waals surface area contributed by atoms with E-state index in [1.165, 1.54) is 11.1 Å². The monoisotopic (exact) mass is 374 g/mol. The summed E-state index contributed by atoms with van der Waals surface area (Å²) >= 11 is 6.06. The van der Waals surface area contributed by atoms with Crippen molar-refractivity contribution in [2.75, 3.05) is 0 Å². The van der Waals surface area contributed by atoms with Gasteiger partial charge in [-0.3, -0.25) is 0 Å². The van der Waals surface area contributed by atoms with Crippen LogP contribution in [0.1, 0.15) is 40.9 Å². The standard InChI is InChI=1S/C23H19ClN2O/c1-15-6-2-3-7-18(15)23-26-21(19-8-4-5-9-22(19)27-23)14-20(25-26)16-10-12-17(24)13-11-16/h2-13,21,23H,14H2,1H3/t21-,23-/m0/s1. The third-order valence-electron chi connectivity index (χ3n) is 5.33. The maximum atomic E-state index is 6.41. The van der Waals surface area contributed by atoms with E-state index in [0.717, 1.165) is 34.0 Å². The summed E-state index contributed by atoms with van der Waals surface area (Å²) in [5, 5.41) is 7.85. The number of fused-ring (bicyclic) bond motifs is 3. The molecule has 4 heteroatoms. The summed E-state index contributed by atoms with van der Waals surface area (Å²) in [5.74, 6) is 0.944. The summed E-state index contributed by atoms with van der Waals surface area (Å²) in [6.07, 6.45) is 0.626. The smallest absolute Gasteiger partial charge is 0.214 e. The molecule has 0 saturated heterocycles. The molecule has 0 radical (unpaired) electrons. The number of hydrazone groups is 1. The molecule has 0 unspecified atom stereocenters. The van der Waals surface area contributed by atoms with Gasteiger partial charge in [0.2, 0.25) is 6.23 Å². The highest BCUT2D eigenvalue weighted by molar-refractivity contribution is 6.30. The van der Waals surface area contributed by atoms with Crippen molar-refractivity contribution in [1.82, 2.24) is 5.01 Å². The van der Waals surface area contributed by atoms with Crippen LogP contribution in [0.15, 0.2) is 77.9 Å². The third-order valence-corrected chi connectivity index (χ3v) is 5.58. The van der Waals surface area contributed by atoms with Crippen molar-refractivity contribution < 1.29 is 4.74 Å². The number of rotatable bonds is 2. The van der Waals surface area contributed by atoms with E-state index in [1.54, 1.807) is 0 Å². The Hall–Kier alpha value is -2.78. The van der Waals surface area contributed by atoms with Crippen molar-refractivity contribution in [2.45, 2.75) is 25.6 Å². The van der Waals surface area contributed by atoms with Gasteiger partial charge in [-0.25, -0.2) is 5.01 Å². The number of aryl methyl sites for hydroxylation is 1. The minimum atomic E-state index is -0.226. The molecule has 2 aliphatic rings. The molecule has 0 fully saturated rings. The summed E-state index contributed by atoms with van der Waals surface area (Å²) in [5.41, 5.74) is 5.72. The fraction of sp³-hybridized carbons (Fsp3) is 0.174. The maximum absolute atomic E-state index is 6.41. The van der Waals surface area contributed by atoms with E-state index in [-0.39, 0.29) is 12.3 Å². The molecule has 2 heterocycles. The topological polar surface area (TPSA) is 24.8 Å². The number of ether oxygens (including phenoxy) is 1. The number of benzene rings is 3. The van der Waals surface area contributed by atoms with Crippen molar-refractivity contribution in [2.24, 2.45) is 5.10 Å². The Labute approximate surface area is 163 Å². The third kappa shape index (κ3) is 2.79. The van der Waals surface area contributed by atoms with Gasteiger partial charge in [0, 0.05) is 22.6 Å². The predicted octanol–water partition coefficient (Wildman–Crippen LogP) is 5.89. The molecule has 27 heavy (non-hydrogen) atoms. The van der Waals surface area contributed by atoms with Crippen molar-refractivity contribution in [3.63, 3.8) is 0 Å². The molecule has 5 rings (SSSR count). The fourth-order valence-electron chi connectivity index (χ4n) is 3.92. The summed E-state index contributed by atoms with van der Waals surface area (Å²) in [6, 6.07) is 24.7. The molecule has 3 aromatic carbocycles. The van der Waals surface area contributed by atoms with E-state index in [2.05, 4.69) is 54.4 Å². The lowest BCUT2D eigenvalue weighted by Crippen LogP contribution is -2.34. The van der Waals surface area contributed by atoms with Gasteiger partial charge < -0.3 is 4.74 Å². The Morgan fingerprint density at radius 1 is 0.926 bits per heavy atom. The highest BCUT2D eigenvalue weighted by atomic mass is 35.5. The first kappa shape index (κ1) is 16.4. The van der Waals surface area contributed by atoms with Gasteiger partial charge in [-0.1, -0.05) is 66.2 Å². The highest BCUT2D eigenvalue weighted by Crippen LogP contribution is 2.47. The maximum Gasteiger partial charge on any atom is 0.214 e. The van der Waals surface area contributed by atoms with E-state index >= 15 is 0 Å². The van der Waals surface area contributed by atoms with Crippen LogP contribution >= 0.6 is 11.6 Å². The molecule has 0 aliphatic carbocycles. The van der Waals surface area contributed by atoms with Gasteiger partial charge in [0.1, 0.15) is 5.75 Å². The summed E-state index contributed by atoms with van der Waals surface area (Å²) in [4.78, 5) is 0. The largest absolute Gasteiger partial charge is 0.464 e. The lowest BCUT2D eigenvalue weighted by atomic mass is 9.95. The van der Waals surface area contributed by atoms with Gasteiger partial charge in [0.15, 0.2) is 0 Å². The van der Waals surface area contributed by atoms with Crippen LogP contribution in [0.25, 0.3) is 0 Å². The van der Waals surface area contributed by atoms with Crippen LogP contribution in [0.5, 0.6) is 5.75 Å². The average molecular weight is 375 g/mol. The van der Waals surface area contributed by atoms with Gasteiger partial charge in [0.25, 0.3) is 0 Å². The van der Waals surface area contributed by atoms with Crippen molar-refractivity contribution >= 4 is 17.3 Å². The second-order valence-electron chi connectivity index (χ2n) is 7.02. The SMILES string of the molecule is Cc1ccccc1[C@@H]1Oc2ccccc2[C@@H]2CC(c3ccc(Cl)cc3)=NN21. The van der Waals surface area contributed by atoms with Gasteiger partial charge >= 0.3 is 0 Å². The average Bonchev–Trinajstić information content (AvgIpc) is 3.14. The second-order valence-corrected chi connectivity index (χ2v) is 7.45. The molecular weight excluding hydrogens is 356 g/mol. The van der Waals surface area contributed by atoms with Crippen LogP contribution in [0.3, 0.4) is 0 Å². The Balaban J connectivity index is 1.61. The van der Waals surface area contributed by atoms with Gasteiger partial charge in [-0.2, -0.15) is 5.10 Å². The minimum Gasteiger partial charge on any atom is -0.464 e. The lowest BCUT2D eigenvalue weighted by Gasteiger charge is -2.38. The minimum absolute atomic E-state index is 0.172. The van der Waals surface area contributed by atoms with Crippen LogP contribution in [0.2, 0.25) is 5.02 Å². The summed E-state index contributed by atoms with van der Waals surface area (Å²) in [7, 11) is 0. The molecular formula is C23H19ClN2O. The van der Waals surface area contributed by atoms with Gasteiger partial charge in [-0.15, -0.1) is 0 Å². The van der Waals surface area contributed by atoms with Gasteiger partial charge in [0.05, 0.1) is 11.8 Å². The van der Waals surface area contributed by atoms with Crippen molar-refractivity contribution in [1.29, 1.82) is 0 Å². The molecule has 0 amide bonds. The van der Waals surface area contributed by atoms with Crippen LogP contribution < -0.4 is 4.74 Å². The number of hydrogen-bond acceptors (Lipinski definition) is 3. The van der Waals surface area contributed by atoms with Crippen molar-refractivity contribution in [3.8, 4) is 5.75 Å². The molecule has 0 N–H and O–H groups in total. The van der Waals surface area contributed by atoms with Crippen LogP contribution in [0, 0.1) is 6.92 Å². The molecule has 134 valence electrons. The van der Waals surface area contributed by atoms with E-state index < -0.39 is 0 Å². The Morgan fingerprint density at radius 2 is 1.63 bits per heavy atom. The molecule has 0 aromatic heterocycles. The number of nitrogens with zero attached hydrogens (tertiary/aromatic N) is 2.